The molecule has 0 radical (unpaired) electrons. The molecule has 3 N–H and O–H groups in total. The highest BCUT2D eigenvalue weighted by atomic mass is 32.1. The lowest BCUT2D eigenvalue weighted by molar-refractivity contribution is 0.764. The molecule has 0 fully saturated rings. The molecule has 0 spiro atoms. The lowest BCUT2D eigenvalue weighted by Gasteiger charge is -2.12. The molecule has 0 saturated carbocycles. The fourth-order valence-electron chi connectivity index (χ4n) is 1.66. The molecule has 0 aliphatic carbocycles. The van der Waals surface area contributed by atoms with E-state index >= 15 is 0 Å². The predicted molar refractivity (Wildman–Crippen MR) is 79.6 cm³/mol. The fourth-order valence-corrected chi connectivity index (χ4v) is 2.36. The predicted octanol–water partition coefficient (Wildman–Crippen LogP) is 2.85. The molecule has 0 aromatic carbocycles. The van der Waals surface area contributed by atoms with Crippen molar-refractivity contribution in [2.75, 3.05) is 17.6 Å². The van der Waals surface area contributed by atoms with Gasteiger partial charge in [0.25, 0.3) is 0 Å². The van der Waals surface area contributed by atoms with Crippen molar-refractivity contribution in [3.63, 3.8) is 0 Å². The van der Waals surface area contributed by atoms with E-state index in [0.29, 0.717) is 11.7 Å². The SMILES string of the molecule is CC(C)c1nc(N)cc(NCC(C)c2nccs2)n1. The normalized spacial score (nSPS) is 12.6. The highest BCUT2D eigenvalue weighted by molar-refractivity contribution is 7.09. The molecule has 0 amide bonds. The van der Waals surface area contributed by atoms with Crippen molar-refractivity contribution >= 4 is 23.0 Å². The van der Waals surface area contributed by atoms with Gasteiger partial charge >= 0.3 is 0 Å². The quantitative estimate of drug-likeness (QED) is 0.878. The third-order valence-electron chi connectivity index (χ3n) is 2.74. The molecular weight excluding hydrogens is 258 g/mol. The Bertz CT molecular complexity index is 524. The molecule has 6 heteroatoms. The Hall–Kier alpha value is -1.69. The fraction of sp³-hybridized carbons (Fsp3) is 0.462. The Morgan fingerprint density at radius 2 is 2.11 bits per heavy atom. The van der Waals surface area contributed by atoms with Gasteiger partial charge in [-0.25, -0.2) is 15.0 Å². The monoisotopic (exact) mass is 277 g/mol. The zero-order valence-corrected chi connectivity index (χ0v) is 12.2. The Balaban J connectivity index is 2.03. The van der Waals surface area contributed by atoms with Gasteiger partial charge in [-0.3, -0.25) is 0 Å². The molecule has 1 unspecified atom stereocenters. The number of nitrogen functional groups attached to an aromatic ring is 1. The maximum absolute atomic E-state index is 5.80. The first-order valence-corrected chi connectivity index (χ1v) is 7.22. The topological polar surface area (TPSA) is 76.7 Å². The summed E-state index contributed by atoms with van der Waals surface area (Å²) in [6, 6.07) is 1.76. The number of thiazole rings is 1. The molecule has 2 heterocycles. The van der Waals surface area contributed by atoms with E-state index in [1.165, 1.54) is 0 Å². The minimum absolute atomic E-state index is 0.264. The van der Waals surface area contributed by atoms with Crippen LogP contribution in [0.3, 0.4) is 0 Å². The number of aromatic nitrogens is 3. The first-order chi connectivity index (χ1) is 9.06. The van der Waals surface area contributed by atoms with Crippen LogP contribution in [0.25, 0.3) is 0 Å². The van der Waals surface area contributed by atoms with Gasteiger partial charge < -0.3 is 11.1 Å². The van der Waals surface area contributed by atoms with Gasteiger partial charge in [0, 0.05) is 36.0 Å². The van der Waals surface area contributed by atoms with Crippen molar-refractivity contribution in [1.29, 1.82) is 0 Å². The third kappa shape index (κ3) is 3.64. The molecule has 0 saturated heterocycles. The first kappa shape index (κ1) is 13.7. The van der Waals surface area contributed by atoms with Crippen LogP contribution >= 0.6 is 11.3 Å². The number of hydrogen-bond donors (Lipinski definition) is 2. The summed E-state index contributed by atoms with van der Waals surface area (Å²) in [5.41, 5.74) is 5.80. The summed E-state index contributed by atoms with van der Waals surface area (Å²) in [6.45, 7) is 7.02. The standard InChI is InChI=1S/C13H19N5S/c1-8(2)12-17-10(14)6-11(18-12)16-7-9(3)13-15-4-5-19-13/h4-6,8-9H,7H2,1-3H3,(H3,14,16,17,18). The molecular formula is C13H19N5S. The minimum Gasteiger partial charge on any atom is -0.384 e. The number of anilines is 2. The van der Waals surface area contributed by atoms with Crippen molar-refractivity contribution in [1.82, 2.24) is 15.0 Å². The van der Waals surface area contributed by atoms with Crippen LogP contribution in [0, 0.1) is 0 Å². The summed E-state index contributed by atoms with van der Waals surface area (Å²) < 4.78 is 0. The summed E-state index contributed by atoms with van der Waals surface area (Å²) in [4.78, 5) is 13.0. The molecule has 2 aromatic heterocycles. The maximum atomic E-state index is 5.80. The lowest BCUT2D eigenvalue weighted by atomic mass is 10.2. The molecule has 5 nitrogen and oxygen atoms in total. The van der Waals surface area contributed by atoms with Gasteiger partial charge in [0.05, 0.1) is 5.01 Å². The summed E-state index contributed by atoms with van der Waals surface area (Å²) in [7, 11) is 0. The summed E-state index contributed by atoms with van der Waals surface area (Å²) in [5, 5.41) is 6.42. The van der Waals surface area contributed by atoms with Crippen LogP contribution in [-0.4, -0.2) is 21.5 Å². The summed E-state index contributed by atoms with van der Waals surface area (Å²) >= 11 is 1.67. The number of hydrogen-bond acceptors (Lipinski definition) is 6. The van der Waals surface area contributed by atoms with Crippen molar-refractivity contribution in [2.45, 2.75) is 32.6 Å². The van der Waals surface area contributed by atoms with E-state index in [2.05, 4.69) is 41.0 Å². The Labute approximate surface area is 117 Å². The lowest BCUT2D eigenvalue weighted by Crippen LogP contribution is -2.12. The summed E-state index contributed by atoms with van der Waals surface area (Å²) in [6.07, 6.45) is 1.83. The number of rotatable bonds is 5. The van der Waals surface area contributed by atoms with Crippen LogP contribution in [0.15, 0.2) is 17.6 Å². The average Bonchev–Trinajstić information content (AvgIpc) is 2.89. The van der Waals surface area contributed by atoms with E-state index in [9.17, 15) is 0 Å². The van der Waals surface area contributed by atoms with Crippen molar-refractivity contribution in [3.8, 4) is 0 Å². The molecule has 0 bridgehead atoms. The first-order valence-electron chi connectivity index (χ1n) is 6.34. The molecule has 1 atom stereocenters. The number of nitrogens with two attached hydrogens (primary N) is 1. The van der Waals surface area contributed by atoms with Crippen LogP contribution in [0.5, 0.6) is 0 Å². The highest BCUT2D eigenvalue weighted by Gasteiger charge is 2.10. The van der Waals surface area contributed by atoms with Crippen LogP contribution in [-0.2, 0) is 0 Å². The van der Waals surface area contributed by atoms with Gasteiger partial charge in [0.1, 0.15) is 17.5 Å². The van der Waals surface area contributed by atoms with Crippen LogP contribution < -0.4 is 11.1 Å². The van der Waals surface area contributed by atoms with Crippen molar-refractivity contribution in [2.24, 2.45) is 0 Å². The smallest absolute Gasteiger partial charge is 0.135 e. The number of nitrogens with zero attached hydrogens (tertiary/aromatic N) is 3. The van der Waals surface area contributed by atoms with E-state index < -0.39 is 0 Å². The van der Waals surface area contributed by atoms with Crippen LogP contribution in [0.1, 0.15) is 43.4 Å². The van der Waals surface area contributed by atoms with Crippen LogP contribution in [0.4, 0.5) is 11.6 Å². The highest BCUT2D eigenvalue weighted by Crippen LogP contribution is 2.19. The maximum Gasteiger partial charge on any atom is 0.135 e. The third-order valence-corrected chi connectivity index (χ3v) is 3.75. The van der Waals surface area contributed by atoms with E-state index in [1.807, 2.05) is 11.6 Å². The van der Waals surface area contributed by atoms with Gasteiger partial charge in [-0.05, 0) is 0 Å². The van der Waals surface area contributed by atoms with Crippen LogP contribution in [0.2, 0.25) is 0 Å². The van der Waals surface area contributed by atoms with Gasteiger partial charge in [-0.15, -0.1) is 11.3 Å². The second-order valence-corrected chi connectivity index (χ2v) is 5.77. The molecule has 2 aromatic rings. The minimum atomic E-state index is 0.264. The average molecular weight is 277 g/mol. The van der Waals surface area contributed by atoms with Crippen molar-refractivity contribution in [3.05, 3.63) is 28.5 Å². The van der Waals surface area contributed by atoms with Gasteiger partial charge in [-0.1, -0.05) is 20.8 Å². The van der Waals surface area contributed by atoms with Gasteiger partial charge in [0.2, 0.25) is 0 Å². The largest absolute Gasteiger partial charge is 0.384 e. The summed E-state index contributed by atoms with van der Waals surface area (Å²) in [5.74, 6) is 2.66. The second kappa shape index (κ2) is 5.97. The van der Waals surface area contributed by atoms with E-state index in [-0.39, 0.29) is 5.92 Å². The Kier molecular flexibility index (Phi) is 4.31. The van der Waals surface area contributed by atoms with E-state index in [4.69, 9.17) is 5.73 Å². The Morgan fingerprint density at radius 3 is 2.74 bits per heavy atom. The van der Waals surface area contributed by atoms with E-state index in [1.54, 1.807) is 17.4 Å². The molecule has 2 rings (SSSR count). The molecule has 0 aliphatic rings. The van der Waals surface area contributed by atoms with E-state index in [0.717, 1.165) is 23.2 Å². The molecule has 19 heavy (non-hydrogen) atoms. The zero-order valence-electron chi connectivity index (χ0n) is 11.4. The van der Waals surface area contributed by atoms with Gasteiger partial charge in [-0.2, -0.15) is 0 Å². The number of nitrogens with one attached hydrogen (secondary N) is 1. The van der Waals surface area contributed by atoms with Crippen molar-refractivity contribution < 1.29 is 0 Å². The molecule has 102 valence electrons. The zero-order chi connectivity index (χ0) is 13.8. The van der Waals surface area contributed by atoms with Gasteiger partial charge in [0.15, 0.2) is 0 Å². The Morgan fingerprint density at radius 1 is 1.32 bits per heavy atom. The second-order valence-electron chi connectivity index (χ2n) is 4.84. The molecule has 0 aliphatic heterocycles.